The zero-order valence-corrected chi connectivity index (χ0v) is 113. The first-order valence-electron chi connectivity index (χ1n) is 41.9. The molecule has 0 spiro atoms. The van der Waals surface area contributed by atoms with E-state index in [-0.39, 0.29) is 5.48 Å². The third kappa shape index (κ3) is 1390000. The molecule has 0 saturated carbocycles. The summed E-state index contributed by atoms with van der Waals surface area (Å²) in [5.41, 5.74) is 0. The van der Waals surface area contributed by atoms with E-state index in [4.69, 9.17) is 158 Å². The first-order chi connectivity index (χ1) is 62.4. The van der Waals surface area contributed by atoms with Crippen LogP contribution in [0.1, 0.15) is 0 Å². The van der Waals surface area contributed by atoms with Crippen molar-refractivity contribution in [3.63, 3.8) is 0 Å². The van der Waals surface area contributed by atoms with Crippen molar-refractivity contribution in [1.82, 2.24) is 0 Å². The summed E-state index contributed by atoms with van der Waals surface area (Å²) >= 11 is -58.8. The van der Waals surface area contributed by atoms with Gasteiger partial charge in [-0.2, -0.15) is 0 Å². The molecule has 0 aliphatic rings. The molecule has 0 heterocycles. The molecule has 0 aromatic carbocycles. The van der Waals surface area contributed by atoms with E-state index in [2.05, 4.69) is 0 Å². The summed E-state index contributed by atoms with van der Waals surface area (Å²) in [5, 5.41) is 60.0. The van der Waals surface area contributed by atoms with E-state index in [0.29, 0.717) is 0 Å². The van der Waals surface area contributed by atoms with Gasteiger partial charge in [0.2, 0.25) is 0 Å². The monoisotopic (exact) mass is 2550 g/mol. The third-order valence-corrected chi connectivity index (χ3v) is 0. The number of nitrogens with two attached hydrogens (primary N) is 30. The molecule has 0 saturated heterocycles. The third-order valence-electron chi connectivity index (χ3n) is 0. The van der Waals surface area contributed by atoms with Gasteiger partial charge >= 0.3 is 308 Å². The number of rotatable bonds is 0. The molecule has 0 radical (unpaired) electrons. The van der Waals surface area contributed by atoms with Gasteiger partial charge in [0.05, 0.1) is 423 Å². The molecule has 0 aromatic rings. The number of hydrogen-bond donors (Lipinski definition) is 30. The Morgan fingerprint density at radius 3 is 0.0780 bits per heavy atom. The molecule has 81 heteroatoms. The number of hydrogen-bond acceptors (Lipinski definition) is 40. The van der Waals surface area contributed by atoms with Crippen LogP contribution in [0.15, 0.2) is 0 Å². The minimum atomic E-state index is -5.88. The van der Waals surface area contributed by atoms with E-state index in [0.717, 1.165) is 0 Å². The van der Waals surface area contributed by atoms with Gasteiger partial charge in [-0.3, -0.25) is 0 Å². The van der Waals surface area contributed by atoms with Crippen molar-refractivity contribution in [1.29, 1.82) is 0 Å². The van der Waals surface area contributed by atoms with Gasteiger partial charge < -0.3 is 165 Å². The fourth-order valence-electron chi connectivity index (χ4n) is 0. The van der Waals surface area contributed by atoms with Crippen LogP contribution in [0.25, 0.3) is 0 Å². The molecule has 0 atom stereocenters. The van der Waals surface area contributed by atoms with Gasteiger partial charge in [0, 0.05) is 0 Å². The summed E-state index contributed by atoms with van der Waals surface area (Å²) in [6.45, 7) is 0. The maximum absolute atomic E-state index is 8.61. The topological polar surface area (TPSA) is 1390 Å². The summed E-state index contributed by atoms with van der Waals surface area (Å²) in [4.78, 5) is 0. The van der Waals surface area contributed by atoms with Crippen molar-refractivity contribution < 1.29 is 473 Å². The van der Waals surface area contributed by atoms with E-state index < -0.39 is 150 Å². The predicted molar refractivity (Wildman–Crippen MR) is 424 cm³/mol. The van der Waals surface area contributed by atoms with Gasteiger partial charge in [-0.1, -0.05) is 0 Å². The Kier molecular flexibility index (Phi) is 655. The fraction of sp³-hybridized carbons (Fsp3) is 1.00. The average molecular weight is 2550 g/mol. The SMILES string of the molecule is C[NH2+]C.C[NH2+]C.C[NH2+]C.C[NH2+]C.C[NH2+]C.C[NH2+]C.C[NH2+]C.C[NH2+]C.C[NH2+]C.C[NH2+]C.C[NH2+]C.C[NH2+]C.C[NH2+]C.C[NH2+]C.C[NH2+]C.C[NH2+]C.C[NH2+]C.C[NH2+]C.C[NH2+]C.C[NH2+]C.C[NH2+]C.C[NH2+]C.C[NH2+]C.C[NH2+]C.C[NH2+]C.C[NH2+]C.C[NH2+]C.C[NH2+]C.C[NH2+]C.C[NH2+]C.O.[O]=[V]([O-])([O-])[O-].[O]=[V]([O-])([O-])[O-].[O]=[V]([O-])([O-])[O-].[O]=[V]([O-])([O-])[O-].[O]=[V]([O-])([O-])[O-].[O]=[V]([O-])([O-])[O-].[O]=[V]([O-])([O-])[O-].[O]=[V]([O-])([O-])[O-].[O]=[V]([O-])([O-])[O-].[O]=[V]([O-])([O-])[O-]. The molecule has 0 bridgehead atoms. The van der Waals surface area contributed by atoms with Crippen LogP contribution < -0.4 is 280 Å². The fourth-order valence-corrected chi connectivity index (χ4v) is 0. The van der Waals surface area contributed by atoms with Crippen LogP contribution in [-0.2, 0) is 187 Å². The second-order valence-electron chi connectivity index (χ2n) is 21.8. The van der Waals surface area contributed by atoms with Gasteiger partial charge in [-0.15, -0.1) is 0 Å². The van der Waals surface area contributed by atoms with Gasteiger partial charge in [0.15, 0.2) is 0 Å². The quantitative estimate of drug-likeness (QED) is 0.107. The molecule has 0 unspecified atom stereocenters. The van der Waals surface area contributed by atoms with Crippen molar-refractivity contribution in [2.45, 2.75) is 0 Å². The second-order valence-corrected chi connectivity index (χ2v) is 35.8. The normalized spacial score (nSPS) is 8.01. The van der Waals surface area contributed by atoms with E-state index in [1.165, 1.54) is 0 Å². The summed E-state index contributed by atoms with van der Waals surface area (Å²) in [6, 6.07) is 0. The van der Waals surface area contributed by atoms with Crippen LogP contribution in [0.5, 0.6) is 0 Å². The van der Waals surface area contributed by atoms with E-state index in [1.54, 1.807) is 0 Å². The van der Waals surface area contributed by atoms with Crippen molar-refractivity contribution in [3.05, 3.63) is 0 Å². The molecule has 141 heavy (non-hydrogen) atoms. The zero-order valence-electron chi connectivity index (χ0n) is 98.6. The molecular weight excluding hydrogens is 2310 g/mol. The zero-order chi connectivity index (χ0) is 126. The summed E-state index contributed by atoms with van der Waals surface area (Å²) in [5.74, 6) is 0. The van der Waals surface area contributed by atoms with Crippen LogP contribution in [0.4, 0.5) is 0 Å². The molecule has 0 aliphatic heterocycles. The Bertz CT molecular complexity index is 1400. The molecule has 0 aromatic heterocycles. The summed E-state index contributed by atoms with van der Waals surface area (Å²) in [6.07, 6.45) is 0. The average Bonchev–Trinajstić information content (AvgIpc) is 3.57. The van der Waals surface area contributed by atoms with Crippen LogP contribution in [-0.4, -0.2) is 428 Å². The Morgan fingerprint density at radius 1 is 0.0780 bits per heavy atom. The van der Waals surface area contributed by atoms with Crippen molar-refractivity contribution in [3.8, 4) is 0 Å². The molecule has 0 rings (SSSR count). The van der Waals surface area contributed by atoms with Crippen molar-refractivity contribution in [2.75, 3.05) is 423 Å². The first kappa shape index (κ1) is 277. The van der Waals surface area contributed by atoms with Gasteiger partial charge in [-0.25, -0.2) is 0 Å². The molecule has 0 amide bonds. The molecule has 0 aliphatic carbocycles. The molecule has 71 nitrogen and oxygen atoms in total. The predicted octanol–water partition coefficient (Wildman–Crippen LogP) is -73.4. The van der Waals surface area contributed by atoms with E-state index >= 15 is 0 Å². The molecule has 928 valence electrons. The molecule has 0 fully saturated rings. The van der Waals surface area contributed by atoms with Crippen LogP contribution >= 0.6 is 0 Å². The Hall–Kier alpha value is 1.40. The van der Waals surface area contributed by atoms with Crippen LogP contribution in [0.3, 0.4) is 0 Å². The maximum atomic E-state index is 8.61. The van der Waals surface area contributed by atoms with Gasteiger partial charge in [-0.05, 0) is 0 Å². The minimum absolute atomic E-state index is 0. The standard InChI is InChI=1S/30C2H7N.H2O.40O.10V/c30*1-3-2;;;;;;;;;;;;;;;;;;;;;;;;;;;;;;;;;;;;;;;;;;;;;;;;;;;/h30*3H,1-2H3;1H2;;;;;;;;;;;;;;;;;;;;;;;;;;;;;;;;;;;;;;;;;;;;;;;;;;/q;;;;;;;;;;;;;;;;;;;;;;;;;;;;;;;;;;;;;;;;;30*-1;;;;;;;;;;/p+30. The molecular formula is C60H242N30O41V10. The second kappa shape index (κ2) is 334. The van der Waals surface area contributed by atoms with Crippen LogP contribution in [0.2, 0.25) is 0 Å². The summed E-state index contributed by atoms with van der Waals surface area (Å²) < 4.78 is 344. The Labute approximate surface area is 888 Å². The van der Waals surface area contributed by atoms with Gasteiger partial charge in [0.25, 0.3) is 0 Å². The number of quaternary nitrogens is 30. The first-order valence-corrected chi connectivity index (χ1v) is 64.8. The van der Waals surface area contributed by atoms with Gasteiger partial charge in [0.1, 0.15) is 0 Å². The van der Waals surface area contributed by atoms with E-state index in [1.807, 2.05) is 582 Å². The Morgan fingerprint density at radius 2 is 0.0780 bits per heavy atom. The van der Waals surface area contributed by atoms with Crippen molar-refractivity contribution in [2.24, 2.45) is 0 Å². The van der Waals surface area contributed by atoms with Crippen LogP contribution in [0, 0.1) is 0 Å². The van der Waals surface area contributed by atoms with E-state index in [9.17, 15) is 0 Å². The Balaban J connectivity index is -0.0000000187. The van der Waals surface area contributed by atoms with Crippen molar-refractivity contribution >= 4 is 0 Å². The summed E-state index contributed by atoms with van der Waals surface area (Å²) in [7, 11) is 120. The molecule has 62 N–H and O–H groups in total.